The molecule has 0 aromatic heterocycles. The third-order valence-electron chi connectivity index (χ3n) is 5.84. The molecule has 0 unspecified atom stereocenters. The number of non-ortho nitro benzene ring substituents is 2. The number of hydrogen-bond donors (Lipinski definition) is 1. The number of rotatable bonds is 7. The SMILES string of the molecule is O=C(Nc1ccc(Sc2ccc([N+](=O)[O-])cc2)cc1)c1cccc(N2C(=O)c3ccc([N+](=O)[O-])cc3C2=O)c1. The second-order valence-electron chi connectivity index (χ2n) is 8.31. The lowest BCUT2D eigenvalue weighted by Gasteiger charge is -2.15. The van der Waals surface area contributed by atoms with E-state index in [9.17, 15) is 34.6 Å². The molecule has 0 radical (unpaired) electrons. The lowest BCUT2D eigenvalue weighted by molar-refractivity contribution is -0.385. The number of carbonyl (C=O) groups excluding carboxylic acids is 3. The van der Waals surface area contributed by atoms with Crippen molar-refractivity contribution in [1.82, 2.24) is 0 Å². The monoisotopic (exact) mass is 540 g/mol. The van der Waals surface area contributed by atoms with Crippen molar-refractivity contribution < 1.29 is 24.2 Å². The van der Waals surface area contributed by atoms with Crippen molar-refractivity contribution in [1.29, 1.82) is 0 Å². The number of nitrogens with zero attached hydrogens (tertiary/aromatic N) is 3. The summed E-state index contributed by atoms with van der Waals surface area (Å²) in [4.78, 5) is 62.0. The van der Waals surface area contributed by atoms with Crippen LogP contribution in [0.25, 0.3) is 0 Å². The smallest absolute Gasteiger partial charge is 0.270 e. The van der Waals surface area contributed by atoms with E-state index >= 15 is 0 Å². The third-order valence-corrected chi connectivity index (χ3v) is 6.86. The summed E-state index contributed by atoms with van der Waals surface area (Å²) in [6.45, 7) is 0. The normalized spacial score (nSPS) is 12.3. The summed E-state index contributed by atoms with van der Waals surface area (Å²) >= 11 is 1.40. The highest BCUT2D eigenvalue weighted by molar-refractivity contribution is 7.99. The van der Waals surface area contributed by atoms with Gasteiger partial charge in [0.15, 0.2) is 0 Å². The van der Waals surface area contributed by atoms with Gasteiger partial charge in [-0.15, -0.1) is 0 Å². The number of nitrogens with one attached hydrogen (secondary N) is 1. The first kappa shape index (κ1) is 25.3. The maximum absolute atomic E-state index is 12.9. The third kappa shape index (κ3) is 5.08. The quantitative estimate of drug-likeness (QED) is 0.178. The maximum Gasteiger partial charge on any atom is 0.270 e. The summed E-state index contributed by atoms with van der Waals surface area (Å²) in [5.74, 6) is -1.82. The van der Waals surface area contributed by atoms with Gasteiger partial charge in [-0.3, -0.25) is 34.6 Å². The van der Waals surface area contributed by atoms with E-state index in [4.69, 9.17) is 0 Å². The largest absolute Gasteiger partial charge is 0.322 e. The van der Waals surface area contributed by atoms with Gasteiger partial charge in [-0.1, -0.05) is 17.8 Å². The zero-order valence-electron chi connectivity index (χ0n) is 19.8. The summed E-state index contributed by atoms with van der Waals surface area (Å²) in [6, 6.07) is 22.6. The molecule has 5 rings (SSSR count). The average molecular weight is 541 g/mol. The molecule has 0 bridgehead atoms. The van der Waals surface area contributed by atoms with Gasteiger partial charge in [0.25, 0.3) is 29.1 Å². The van der Waals surface area contributed by atoms with Gasteiger partial charge in [-0.05, 0) is 60.7 Å². The minimum absolute atomic E-state index is 0.00783. The number of carbonyl (C=O) groups is 3. The van der Waals surface area contributed by atoms with E-state index in [0.717, 1.165) is 26.8 Å². The molecule has 0 fully saturated rings. The van der Waals surface area contributed by atoms with Crippen molar-refractivity contribution in [2.75, 3.05) is 10.2 Å². The van der Waals surface area contributed by atoms with Crippen LogP contribution < -0.4 is 10.2 Å². The highest BCUT2D eigenvalue weighted by Crippen LogP contribution is 2.32. The Morgan fingerprint density at radius 1 is 0.718 bits per heavy atom. The number of hydrogen-bond acceptors (Lipinski definition) is 8. The van der Waals surface area contributed by atoms with Crippen molar-refractivity contribution >= 4 is 52.2 Å². The van der Waals surface area contributed by atoms with Crippen molar-refractivity contribution in [2.24, 2.45) is 0 Å². The van der Waals surface area contributed by atoms with Crippen LogP contribution in [0.4, 0.5) is 22.7 Å². The number of nitro groups is 2. The van der Waals surface area contributed by atoms with Gasteiger partial charge in [0.05, 0.1) is 26.7 Å². The summed E-state index contributed by atoms with van der Waals surface area (Å²) in [5.41, 5.74) is 0.538. The Bertz CT molecular complexity index is 1670. The predicted molar refractivity (Wildman–Crippen MR) is 142 cm³/mol. The van der Waals surface area contributed by atoms with Gasteiger partial charge in [0, 0.05) is 45.3 Å². The number of nitro benzene ring substituents is 2. The first-order valence-electron chi connectivity index (χ1n) is 11.3. The molecule has 3 amide bonds. The number of amides is 3. The van der Waals surface area contributed by atoms with Crippen LogP contribution in [0.2, 0.25) is 0 Å². The molecule has 192 valence electrons. The Kier molecular flexibility index (Phi) is 6.61. The fraction of sp³-hybridized carbons (Fsp3) is 0. The minimum atomic E-state index is -0.711. The van der Waals surface area contributed by atoms with Crippen LogP contribution >= 0.6 is 11.8 Å². The molecule has 0 spiro atoms. The summed E-state index contributed by atoms with van der Waals surface area (Å²) in [5, 5.41) is 24.6. The molecule has 1 aliphatic rings. The van der Waals surface area contributed by atoms with Crippen LogP contribution in [-0.2, 0) is 0 Å². The van der Waals surface area contributed by atoms with E-state index in [1.54, 1.807) is 36.4 Å². The zero-order valence-corrected chi connectivity index (χ0v) is 20.6. The van der Waals surface area contributed by atoms with E-state index < -0.39 is 27.6 Å². The van der Waals surface area contributed by atoms with Crippen LogP contribution in [0.5, 0.6) is 0 Å². The van der Waals surface area contributed by atoms with Gasteiger partial charge >= 0.3 is 0 Å². The lowest BCUT2D eigenvalue weighted by Crippen LogP contribution is -2.29. The first-order chi connectivity index (χ1) is 18.7. The Morgan fingerprint density at radius 2 is 1.31 bits per heavy atom. The Morgan fingerprint density at radius 3 is 1.95 bits per heavy atom. The van der Waals surface area contributed by atoms with Gasteiger partial charge in [0.2, 0.25) is 0 Å². The van der Waals surface area contributed by atoms with Crippen molar-refractivity contribution in [3.05, 3.63) is 128 Å². The molecule has 12 heteroatoms. The standard InChI is InChI=1S/C27H16N4O7S/c32-25(28-17-4-9-21(10-5-17)39-22-11-6-18(7-12-22)30(35)36)16-2-1-3-19(14-16)29-26(33)23-13-8-20(31(37)38)15-24(23)27(29)34/h1-15H,(H,28,32). The molecule has 0 saturated carbocycles. The molecule has 0 atom stereocenters. The van der Waals surface area contributed by atoms with Crippen LogP contribution in [0.15, 0.2) is 101 Å². The molecule has 0 saturated heterocycles. The van der Waals surface area contributed by atoms with Crippen molar-refractivity contribution in [3.63, 3.8) is 0 Å². The molecule has 1 N–H and O–H groups in total. The number of fused-ring (bicyclic) bond motifs is 1. The van der Waals surface area contributed by atoms with E-state index in [1.165, 1.54) is 54.2 Å². The number of imide groups is 1. The predicted octanol–water partition coefficient (Wildman–Crippen LogP) is 5.71. The van der Waals surface area contributed by atoms with E-state index in [1.807, 2.05) is 0 Å². The molecule has 4 aromatic rings. The van der Waals surface area contributed by atoms with Crippen LogP contribution in [0.1, 0.15) is 31.1 Å². The van der Waals surface area contributed by atoms with Crippen LogP contribution in [0, 0.1) is 20.2 Å². The van der Waals surface area contributed by atoms with E-state index in [2.05, 4.69) is 5.32 Å². The highest BCUT2D eigenvalue weighted by atomic mass is 32.2. The zero-order chi connectivity index (χ0) is 27.7. The van der Waals surface area contributed by atoms with Gasteiger partial charge in [-0.25, -0.2) is 4.90 Å². The van der Waals surface area contributed by atoms with E-state index in [0.29, 0.717) is 5.69 Å². The fourth-order valence-electron chi connectivity index (χ4n) is 3.94. The molecular formula is C27H16N4O7S. The second kappa shape index (κ2) is 10.2. The minimum Gasteiger partial charge on any atom is -0.322 e. The molecule has 11 nitrogen and oxygen atoms in total. The fourth-order valence-corrected chi connectivity index (χ4v) is 4.76. The first-order valence-corrected chi connectivity index (χ1v) is 12.1. The van der Waals surface area contributed by atoms with E-state index in [-0.39, 0.29) is 33.8 Å². The molecule has 1 aliphatic heterocycles. The molecule has 4 aromatic carbocycles. The summed E-state index contributed by atoms with van der Waals surface area (Å²) < 4.78 is 0. The lowest BCUT2D eigenvalue weighted by atomic mass is 10.1. The van der Waals surface area contributed by atoms with Crippen molar-refractivity contribution in [2.45, 2.75) is 9.79 Å². The summed E-state index contributed by atoms with van der Waals surface area (Å²) in [6.07, 6.45) is 0. The van der Waals surface area contributed by atoms with Gasteiger partial charge in [0.1, 0.15) is 0 Å². The molecule has 1 heterocycles. The van der Waals surface area contributed by atoms with Crippen molar-refractivity contribution in [3.8, 4) is 0 Å². The Labute approximate surface area is 224 Å². The molecular weight excluding hydrogens is 524 g/mol. The number of anilines is 2. The summed E-state index contributed by atoms with van der Waals surface area (Å²) in [7, 11) is 0. The molecule has 0 aliphatic carbocycles. The second-order valence-corrected chi connectivity index (χ2v) is 9.46. The number of benzene rings is 4. The van der Waals surface area contributed by atoms with Crippen LogP contribution in [-0.4, -0.2) is 27.6 Å². The van der Waals surface area contributed by atoms with Crippen LogP contribution in [0.3, 0.4) is 0 Å². The average Bonchev–Trinajstić information content (AvgIpc) is 3.19. The van der Waals surface area contributed by atoms with Gasteiger partial charge in [-0.2, -0.15) is 0 Å². The topological polar surface area (TPSA) is 153 Å². The Hall–Kier alpha value is -5.36. The highest BCUT2D eigenvalue weighted by Gasteiger charge is 2.38. The van der Waals surface area contributed by atoms with Gasteiger partial charge < -0.3 is 5.32 Å². The molecule has 39 heavy (non-hydrogen) atoms. The maximum atomic E-state index is 12.9. The Balaban J connectivity index is 1.28.